The lowest BCUT2D eigenvalue weighted by molar-refractivity contribution is -0.153. The lowest BCUT2D eigenvalue weighted by Crippen LogP contribution is -2.19. The van der Waals surface area contributed by atoms with Crippen LogP contribution in [0.1, 0.15) is 18.9 Å². The summed E-state index contributed by atoms with van der Waals surface area (Å²) in [7, 11) is 1.31. The molecule has 0 unspecified atom stereocenters. The molecule has 2 rings (SSSR count). The molecule has 0 aliphatic rings. The molecule has 0 spiro atoms. The van der Waals surface area contributed by atoms with E-state index in [1.165, 1.54) is 32.2 Å². The van der Waals surface area contributed by atoms with Crippen molar-refractivity contribution >= 4 is 34.8 Å². The first-order chi connectivity index (χ1) is 14.1. The molecule has 0 atom stereocenters. The van der Waals surface area contributed by atoms with E-state index in [0.29, 0.717) is 28.4 Å². The summed E-state index contributed by atoms with van der Waals surface area (Å²) < 4.78 is 46.8. The van der Waals surface area contributed by atoms with Crippen LogP contribution in [0.25, 0.3) is 0 Å². The van der Waals surface area contributed by atoms with E-state index in [9.17, 15) is 22.8 Å². The average Bonchev–Trinajstić information content (AvgIpc) is 2.66. The summed E-state index contributed by atoms with van der Waals surface area (Å²) in [6.45, 7) is -0.0862. The van der Waals surface area contributed by atoms with Crippen LogP contribution in [0, 0.1) is 0 Å². The van der Waals surface area contributed by atoms with Gasteiger partial charge in [-0.3, -0.25) is 9.59 Å². The van der Waals surface area contributed by atoms with E-state index in [-0.39, 0.29) is 29.7 Å². The maximum atomic E-state index is 12.3. The SMILES string of the molecule is COc1cc(CCC(=O)Nc2cc(Cl)ccc2NC(C)=O)ccc1OCC(F)(F)F. The second kappa shape index (κ2) is 10.2. The van der Waals surface area contributed by atoms with Crippen molar-refractivity contribution in [2.75, 3.05) is 24.4 Å². The van der Waals surface area contributed by atoms with Crippen LogP contribution in [0.3, 0.4) is 0 Å². The van der Waals surface area contributed by atoms with Crippen LogP contribution in [-0.4, -0.2) is 31.7 Å². The van der Waals surface area contributed by atoms with Crippen molar-refractivity contribution in [2.45, 2.75) is 25.9 Å². The Kier molecular flexibility index (Phi) is 7.93. The summed E-state index contributed by atoms with van der Waals surface area (Å²) in [5, 5.41) is 5.67. The number of methoxy groups -OCH3 is 1. The van der Waals surface area contributed by atoms with Gasteiger partial charge in [0.25, 0.3) is 0 Å². The van der Waals surface area contributed by atoms with Gasteiger partial charge in [0, 0.05) is 18.4 Å². The standard InChI is InChI=1S/C20H20ClF3N2O4/c1-12(27)25-15-6-5-14(21)10-16(15)26-19(28)8-4-13-3-7-17(18(9-13)29-2)30-11-20(22,23)24/h3,5-7,9-10H,4,8,11H2,1-2H3,(H,25,27)(H,26,28). The molecular formula is C20H20ClF3N2O4. The van der Waals surface area contributed by atoms with Crippen LogP contribution in [0.5, 0.6) is 11.5 Å². The average molecular weight is 445 g/mol. The molecule has 0 saturated carbocycles. The molecule has 2 aromatic carbocycles. The maximum absolute atomic E-state index is 12.3. The number of aryl methyl sites for hydroxylation is 1. The minimum absolute atomic E-state index is 0.0399. The smallest absolute Gasteiger partial charge is 0.422 e. The molecule has 10 heteroatoms. The lowest BCUT2D eigenvalue weighted by Gasteiger charge is -2.14. The Labute approximate surface area is 176 Å². The van der Waals surface area contributed by atoms with Crippen molar-refractivity contribution < 1.29 is 32.2 Å². The fourth-order valence-electron chi connectivity index (χ4n) is 2.54. The lowest BCUT2D eigenvalue weighted by atomic mass is 10.1. The van der Waals surface area contributed by atoms with E-state index in [4.69, 9.17) is 21.1 Å². The molecule has 0 aliphatic heterocycles. The number of ether oxygens (including phenoxy) is 2. The van der Waals surface area contributed by atoms with Crippen LogP contribution >= 0.6 is 11.6 Å². The van der Waals surface area contributed by atoms with Gasteiger partial charge in [0.2, 0.25) is 11.8 Å². The first-order valence-corrected chi connectivity index (χ1v) is 9.18. The monoisotopic (exact) mass is 444 g/mol. The van der Waals surface area contributed by atoms with Crippen molar-refractivity contribution in [1.82, 2.24) is 0 Å². The van der Waals surface area contributed by atoms with E-state index < -0.39 is 12.8 Å². The molecular weight excluding hydrogens is 425 g/mol. The van der Waals surface area contributed by atoms with Gasteiger partial charge in [-0.25, -0.2) is 0 Å². The zero-order valence-electron chi connectivity index (χ0n) is 16.2. The molecule has 0 aromatic heterocycles. The third-order valence-electron chi connectivity index (χ3n) is 3.83. The van der Waals surface area contributed by atoms with Crippen molar-refractivity contribution in [3.05, 3.63) is 47.0 Å². The molecule has 0 aliphatic carbocycles. The van der Waals surface area contributed by atoms with Crippen LogP contribution in [0.4, 0.5) is 24.5 Å². The van der Waals surface area contributed by atoms with Gasteiger partial charge in [-0.15, -0.1) is 0 Å². The molecule has 0 radical (unpaired) electrons. The van der Waals surface area contributed by atoms with E-state index >= 15 is 0 Å². The van der Waals surface area contributed by atoms with Gasteiger partial charge in [-0.05, 0) is 42.3 Å². The van der Waals surface area contributed by atoms with Crippen molar-refractivity contribution in [3.8, 4) is 11.5 Å². The van der Waals surface area contributed by atoms with Crippen molar-refractivity contribution in [3.63, 3.8) is 0 Å². The number of nitrogens with one attached hydrogen (secondary N) is 2. The first-order valence-electron chi connectivity index (χ1n) is 8.81. The highest BCUT2D eigenvalue weighted by Gasteiger charge is 2.29. The Morgan fingerprint density at radius 2 is 1.77 bits per heavy atom. The highest BCUT2D eigenvalue weighted by Crippen LogP contribution is 2.30. The molecule has 2 N–H and O–H groups in total. The normalized spacial score (nSPS) is 11.0. The predicted octanol–water partition coefficient (Wildman–Crippen LogP) is 4.82. The van der Waals surface area contributed by atoms with Crippen molar-refractivity contribution in [2.24, 2.45) is 0 Å². The third kappa shape index (κ3) is 7.47. The number of carbonyl (C=O) groups excluding carboxylic acids is 2. The fraction of sp³-hybridized carbons (Fsp3) is 0.300. The zero-order valence-corrected chi connectivity index (χ0v) is 17.0. The van der Waals surface area contributed by atoms with E-state index in [1.807, 2.05) is 0 Å². The van der Waals surface area contributed by atoms with E-state index in [1.54, 1.807) is 18.2 Å². The Bertz CT molecular complexity index is 919. The molecule has 2 aromatic rings. The number of benzene rings is 2. The zero-order chi connectivity index (χ0) is 22.3. The number of halogens is 4. The van der Waals surface area contributed by atoms with Crippen LogP contribution in [0.2, 0.25) is 5.02 Å². The molecule has 162 valence electrons. The molecule has 0 fully saturated rings. The Hall–Kier alpha value is -2.94. The van der Waals surface area contributed by atoms with Crippen LogP contribution < -0.4 is 20.1 Å². The predicted molar refractivity (Wildman–Crippen MR) is 107 cm³/mol. The first kappa shape index (κ1) is 23.3. The number of amides is 2. The number of alkyl halides is 3. The van der Waals surface area contributed by atoms with Gasteiger partial charge < -0.3 is 20.1 Å². The Morgan fingerprint density at radius 1 is 1.03 bits per heavy atom. The fourth-order valence-corrected chi connectivity index (χ4v) is 2.71. The van der Waals surface area contributed by atoms with Gasteiger partial charge in [0.1, 0.15) is 0 Å². The topological polar surface area (TPSA) is 76.7 Å². The van der Waals surface area contributed by atoms with Crippen molar-refractivity contribution in [1.29, 1.82) is 0 Å². The van der Waals surface area contributed by atoms with Gasteiger partial charge in [0.05, 0.1) is 18.5 Å². The maximum Gasteiger partial charge on any atom is 0.422 e. The number of rotatable bonds is 8. The largest absolute Gasteiger partial charge is 0.493 e. The third-order valence-corrected chi connectivity index (χ3v) is 4.06. The van der Waals surface area contributed by atoms with Gasteiger partial charge in [0.15, 0.2) is 18.1 Å². The molecule has 30 heavy (non-hydrogen) atoms. The summed E-state index contributed by atoms with van der Waals surface area (Å²) in [5.74, 6) is -0.533. The number of carbonyl (C=O) groups is 2. The quantitative estimate of drug-likeness (QED) is 0.612. The minimum atomic E-state index is -4.46. The number of hydrogen-bond acceptors (Lipinski definition) is 4. The van der Waals surface area contributed by atoms with Crippen LogP contribution in [-0.2, 0) is 16.0 Å². The van der Waals surface area contributed by atoms with E-state index in [2.05, 4.69) is 10.6 Å². The molecule has 2 amide bonds. The molecule has 0 saturated heterocycles. The highest BCUT2D eigenvalue weighted by atomic mass is 35.5. The number of anilines is 2. The molecule has 0 heterocycles. The summed E-state index contributed by atoms with van der Waals surface area (Å²) >= 11 is 5.95. The Morgan fingerprint density at radius 3 is 2.40 bits per heavy atom. The van der Waals surface area contributed by atoms with Gasteiger partial charge in [-0.1, -0.05) is 17.7 Å². The van der Waals surface area contributed by atoms with E-state index in [0.717, 1.165) is 0 Å². The minimum Gasteiger partial charge on any atom is -0.493 e. The molecule has 6 nitrogen and oxygen atoms in total. The summed E-state index contributed by atoms with van der Waals surface area (Å²) in [4.78, 5) is 23.6. The molecule has 0 bridgehead atoms. The van der Waals surface area contributed by atoms with Gasteiger partial charge in [-0.2, -0.15) is 13.2 Å². The van der Waals surface area contributed by atoms with Crippen LogP contribution in [0.15, 0.2) is 36.4 Å². The second-order valence-corrected chi connectivity index (χ2v) is 6.74. The second-order valence-electron chi connectivity index (χ2n) is 6.31. The van der Waals surface area contributed by atoms with Gasteiger partial charge >= 0.3 is 6.18 Å². The number of hydrogen-bond donors (Lipinski definition) is 2. The Balaban J connectivity index is 2.01. The summed E-state index contributed by atoms with van der Waals surface area (Å²) in [6, 6.07) is 9.11. The highest BCUT2D eigenvalue weighted by molar-refractivity contribution is 6.31. The summed E-state index contributed by atoms with van der Waals surface area (Å²) in [5.41, 5.74) is 1.44. The summed E-state index contributed by atoms with van der Waals surface area (Å²) in [6.07, 6.45) is -4.08.